The minimum Gasteiger partial charge on any atom is -0.296 e. The molecule has 0 aromatic heterocycles. The Morgan fingerprint density at radius 3 is 2.67 bits per heavy atom. The van der Waals surface area contributed by atoms with Gasteiger partial charge in [0.2, 0.25) is 0 Å². The first-order valence-corrected chi connectivity index (χ1v) is 6.55. The monoisotopic (exact) mass is 241 g/mol. The molecule has 0 saturated heterocycles. The summed E-state index contributed by atoms with van der Waals surface area (Å²) in [4.78, 5) is 3.98. The number of hydrogen-bond acceptors (Lipinski definition) is 1. The number of allylic oxidation sites excluding steroid dienone is 2. The fraction of sp³-hybridized carbons (Fsp3) is 0.353. The molecule has 1 aromatic carbocycles. The van der Waals surface area contributed by atoms with Gasteiger partial charge in [-0.3, -0.25) is 4.99 Å². The van der Waals surface area contributed by atoms with E-state index in [1.807, 2.05) is 6.07 Å². The minimum atomic E-state index is 0.671. The molecule has 18 heavy (non-hydrogen) atoms. The summed E-state index contributed by atoms with van der Waals surface area (Å²) in [6, 6.07) is 8.35. The maximum Gasteiger partial charge on any atom is 0.0638 e. The minimum absolute atomic E-state index is 0.671. The molecule has 1 rings (SSSR count). The molecule has 1 heteroatoms. The molecule has 0 heterocycles. The molecule has 1 aromatic rings. The van der Waals surface area contributed by atoms with Crippen LogP contribution in [0.3, 0.4) is 0 Å². The van der Waals surface area contributed by atoms with E-state index in [-0.39, 0.29) is 0 Å². The highest BCUT2D eigenvalue weighted by molar-refractivity contribution is 5.60. The average Bonchev–Trinajstić information content (AvgIpc) is 2.36. The normalized spacial score (nSPS) is 11.3. The van der Waals surface area contributed by atoms with E-state index >= 15 is 0 Å². The van der Waals surface area contributed by atoms with Crippen LogP contribution in [0.1, 0.15) is 44.2 Å². The zero-order chi connectivity index (χ0) is 13.4. The van der Waals surface area contributed by atoms with Gasteiger partial charge in [0.1, 0.15) is 0 Å². The maximum absolute atomic E-state index is 4.08. The van der Waals surface area contributed by atoms with Crippen LogP contribution in [0.15, 0.2) is 47.0 Å². The molecule has 0 aliphatic carbocycles. The molecule has 0 bridgehead atoms. The van der Waals surface area contributed by atoms with E-state index in [9.17, 15) is 0 Å². The zero-order valence-corrected chi connectivity index (χ0v) is 11.6. The van der Waals surface area contributed by atoms with Crippen LogP contribution in [0.4, 0.5) is 0 Å². The van der Waals surface area contributed by atoms with Crippen molar-refractivity contribution >= 4 is 12.8 Å². The van der Waals surface area contributed by atoms with Crippen molar-refractivity contribution in [2.45, 2.75) is 39.7 Å². The maximum atomic E-state index is 4.08. The molecule has 0 unspecified atom stereocenters. The topological polar surface area (TPSA) is 12.4 Å². The van der Waals surface area contributed by atoms with Gasteiger partial charge in [-0.1, -0.05) is 55.8 Å². The number of benzene rings is 1. The van der Waals surface area contributed by atoms with Crippen molar-refractivity contribution in [3.05, 3.63) is 53.1 Å². The van der Waals surface area contributed by atoms with Gasteiger partial charge in [0.05, 0.1) is 6.54 Å². The number of unbranched alkanes of at least 4 members (excludes halogenated alkanes) is 1. The second-order valence-electron chi connectivity index (χ2n) is 4.63. The molecule has 0 aliphatic rings. The van der Waals surface area contributed by atoms with Crippen molar-refractivity contribution in [3.8, 4) is 0 Å². The lowest BCUT2D eigenvalue weighted by Crippen LogP contribution is -1.90. The first-order valence-electron chi connectivity index (χ1n) is 6.55. The number of hydrogen-bond donors (Lipinski definition) is 0. The lowest BCUT2D eigenvalue weighted by Gasteiger charge is -2.09. The van der Waals surface area contributed by atoms with Gasteiger partial charge in [0, 0.05) is 0 Å². The van der Waals surface area contributed by atoms with Gasteiger partial charge >= 0.3 is 0 Å². The third-order valence-corrected chi connectivity index (χ3v) is 3.01. The molecule has 0 aliphatic heterocycles. The van der Waals surface area contributed by atoms with E-state index in [0.717, 1.165) is 12.0 Å². The van der Waals surface area contributed by atoms with Crippen LogP contribution in [0.25, 0.3) is 6.08 Å². The Bertz CT molecular complexity index is 441. The fourth-order valence-corrected chi connectivity index (χ4v) is 1.90. The molecule has 0 radical (unpaired) electrons. The van der Waals surface area contributed by atoms with E-state index in [2.05, 4.69) is 56.4 Å². The SMILES string of the molecule is C=NCc1ccccc1C=C(CCCC)C(=C)C. The Kier molecular flexibility index (Phi) is 6.13. The molecule has 0 saturated carbocycles. The van der Waals surface area contributed by atoms with Crippen molar-refractivity contribution in [1.82, 2.24) is 0 Å². The second-order valence-corrected chi connectivity index (χ2v) is 4.63. The largest absolute Gasteiger partial charge is 0.296 e. The molecular weight excluding hydrogens is 218 g/mol. The van der Waals surface area contributed by atoms with Crippen molar-refractivity contribution in [2.75, 3.05) is 0 Å². The van der Waals surface area contributed by atoms with E-state index in [4.69, 9.17) is 0 Å². The van der Waals surface area contributed by atoms with Gasteiger partial charge in [0.15, 0.2) is 0 Å². The predicted molar refractivity (Wildman–Crippen MR) is 82.0 cm³/mol. The third-order valence-electron chi connectivity index (χ3n) is 3.01. The number of aliphatic imine (C=N–C) groups is 1. The van der Waals surface area contributed by atoms with E-state index in [0.29, 0.717) is 6.54 Å². The highest BCUT2D eigenvalue weighted by atomic mass is 14.7. The lowest BCUT2D eigenvalue weighted by atomic mass is 9.97. The predicted octanol–water partition coefficient (Wildman–Crippen LogP) is 5.04. The Labute approximate surface area is 111 Å². The van der Waals surface area contributed by atoms with Crippen molar-refractivity contribution < 1.29 is 0 Å². The van der Waals surface area contributed by atoms with Crippen molar-refractivity contribution in [2.24, 2.45) is 4.99 Å². The lowest BCUT2D eigenvalue weighted by molar-refractivity contribution is 0.794. The standard InChI is InChI=1S/C17H23N/c1-5-6-9-15(14(2)3)12-16-10-7-8-11-17(16)13-18-4/h7-8,10-12H,2,4-6,9,13H2,1,3H3. The molecule has 0 atom stereocenters. The molecule has 96 valence electrons. The van der Waals surface area contributed by atoms with E-state index in [1.165, 1.54) is 29.5 Å². The quantitative estimate of drug-likeness (QED) is 0.468. The van der Waals surface area contributed by atoms with E-state index in [1.54, 1.807) is 0 Å². The smallest absolute Gasteiger partial charge is 0.0638 e. The average molecular weight is 241 g/mol. The summed E-state index contributed by atoms with van der Waals surface area (Å²) in [5, 5.41) is 0. The number of nitrogens with zero attached hydrogens (tertiary/aromatic N) is 1. The first kappa shape index (κ1) is 14.4. The summed E-state index contributed by atoms with van der Waals surface area (Å²) in [5.74, 6) is 0. The Morgan fingerprint density at radius 2 is 2.06 bits per heavy atom. The summed E-state index contributed by atoms with van der Waals surface area (Å²) >= 11 is 0. The number of rotatable bonds is 7. The fourth-order valence-electron chi connectivity index (χ4n) is 1.90. The summed E-state index contributed by atoms with van der Waals surface area (Å²) < 4.78 is 0. The van der Waals surface area contributed by atoms with Crippen LogP contribution < -0.4 is 0 Å². The Hall–Kier alpha value is -1.63. The zero-order valence-electron chi connectivity index (χ0n) is 11.6. The summed E-state index contributed by atoms with van der Waals surface area (Å²) in [6.07, 6.45) is 5.77. The Balaban J connectivity index is 3.02. The van der Waals surface area contributed by atoms with Crippen LogP contribution in [0, 0.1) is 0 Å². The third kappa shape index (κ3) is 4.33. The molecule has 0 fully saturated rings. The van der Waals surface area contributed by atoms with Gasteiger partial charge in [-0.25, -0.2) is 0 Å². The highest BCUT2D eigenvalue weighted by Gasteiger charge is 2.02. The second kappa shape index (κ2) is 7.65. The molecule has 1 nitrogen and oxygen atoms in total. The van der Waals surface area contributed by atoms with Gasteiger partial charge in [-0.2, -0.15) is 0 Å². The van der Waals surface area contributed by atoms with Crippen LogP contribution in [-0.2, 0) is 6.54 Å². The van der Waals surface area contributed by atoms with Gasteiger partial charge in [-0.05, 0) is 43.2 Å². The highest BCUT2D eigenvalue weighted by Crippen LogP contribution is 2.21. The molecule has 0 N–H and O–H groups in total. The van der Waals surface area contributed by atoms with Crippen LogP contribution in [0.5, 0.6) is 0 Å². The van der Waals surface area contributed by atoms with Gasteiger partial charge < -0.3 is 0 Å². The summed E-state index contributed by atoms with van der Waals surface area (Å²) in [6.45, 7) is 12.6. The Morgan fingerprint density at radius 1 is 1.33 bits per heavy atom. The molecule has 0 amide bonds. The summed E-state index contributed by atoms with van der Waals surface area (Å²) in [7, 11) is 0. The van der Waals surface area contributed by atoms with Crippen LogP contribution in [0.2, 0.25) is 0 Å². The van der Waals surface area contributed by atoms with Gasteiger partial charge in [-0.15, -0.1) is 0 Å². The van der Waals surface area contributed by atoms with E-state index < -0.39 is 0 Å². The van der Waals surface area contributed by atoms with Crippen molar-refractivity contribution in [1.29, 1.82) is 0 Å². The van der Waals surface area contributed by atoms with Crippen LogP contribution >= 0.6 is 0 Å². The van der Waals surface area contributed by atoms with Crippen LogP contribution in [-0.4, -0.2) is 6.72 Å². The van der Waals surface area contributed by atoms with Gasteiger partial charge in [0.25, 0.3) is 0 Å². The summed E-state index contributed by atoms with van der Waals surface area (Å²) in [5.41, 5.74) is 4.96. The molecule has 0 spiro atoms. The molecular formula is C17H23N. The first-order chi connectivity index (χ1) is 8.69. The van der Waals surface area contributed by atoms with Crippen molar-refractivity contribution in [3.63, 3.8) is 0 Å².